The standard InChI is InChI=1S/2C4H4O4.K.Na.2H/c2*5-3(6)1-2-4(7)8;;;;/h2*1-2H,(H,5,6)(H,7,8);;;;/b2*2-1-;;;;. The van der Waals surface area contributed by atoms with Gasteiger partial charge in [-0.2, -0.15) is 0 Å². The molecule has 0 aliphatic rings. The van der Waals surface area contributed by atoms with Crippen LogP contribution in [-0.2, 0) is 19.2 Å². The van der Waals surface area contributed by atoms with Crippen LogP contribution in [0.3, 0.4) is 0 Å². The van der Waals surface area contributed by atoms with Crippen LogP contribution < -0.4 is 0 Å². The molecule has 10 heteroatoms. The fraction of sp³-hybridized carbons (Fsp3) is 0. The average molecular weight is 296 g/mol. The first-order valence-electron chi connectivity index (χ1n) is 3.53. The molecule has 0 aliphatic heterocycles. The summed E-state index contributed by atoms with van der Waals surface area (Å²) in [5.41, 5.74) is 0. The normalized spacial score (nSPS) is 8.44. The van der Waals surface area contributed by atoms with Crippen LogP contribution in [-0.4, -0.2) is 125 Å². The van der Waals surface area contributed by atoms with Gasteiger partial charge in [0.25, 0.3) is 0 Å². The molecule has 0 fully saturated rings. The van der Waals surface area contributed by atoms with E-state index in [4.69, 9.17) is 20.4 Å². The van der Waals surface area contributed by atoms with E-state index in [-0.39, 0.29) is 80.9 Å². The molecule has 0 heterocycles. The summed E-state index contributed by atoms with van der Waals surface area (Å²) in [6.07, 6.45) is 2.23. The van der Waals surface area contributed by atoms with E-state index in [1.807, 2.05) is 0 Å². The molecule has 0 spiro atoms. The first-order valence-corrected chi connectivity index (χ1v) is 3.53. The van der Waals surface area contributed by atoms with Crippen LogP contribution in [0.5, 0.6) is 0 Å². The minimum atomic E-state index is -1.26. The van der Waals surface area contributed by atoms with E-state index in [2.05, 4.69) is 0 Å². The van der Waals surface area contributed by atoms with Gasteiger partial charge in [-0.05, 0) is 0 Å². The molecule has 0 amide bonds. The molecule has 92 valence electrons. The van der Waals surface area contributed by atoms with Crippen molar-refractivity contribution >= 4 is 105 Å². The van der Waals surface area contributed by atoms with Crippen molar-refractivity contribution in [2.24, 2.45) is 0 Å². The maximum absolute atomic E-state index is 9.55. The van der Waals surface area contributed by atoms with Crippen LogP contribution >= 0.6 is 0 Å². The summed E-state index contributed by atoms with van der Waals surface area (Å²) < 4.78 is 0. The van der Waals surface area contributed by atoms with Crippen LogP contribution in [0.15, 0.2) is 24.3 Å². The Balaban J connectivity index is -0.0000000980. The van der Waals surface area contributed by atoms with Gasteiger partial charge in [-0.1, -0.05) is 0 Å². The first kappa shape index (κ1) is 26.5. The maximum atomic E-state index is 9.55. The van der Waals surface area contributed by atoms with Crippen molar-refractivity contribution in [2.45, 2.75) is 0 Å². The molecular weight excluding hydrogens is 286 g/mol. The Kier molecular flexibility index (Phi) is 25.1. The summed E-state index contributed by atoms with van der Waals surface area (Å²) in [6.45, 7) is 0. The van der Waals surface area contributed by atoms with Crippen molar-refractivity contribution in [1.82, 2.24) is 0 Å². The van der Waals surface area contributed by atoms with Gasteiger partial charge >= 0.3 is 105 Å². The van der Waals surface area contributed by atoms with Gasteiger partial charge in [-0.3, -0.25) is 0 Å². The Morgan fingerprint density at radius 3 is 0.722 bits per heavy atom. The molecule has 0 saturated heterocycles. The van der Waals surface area contributed by atoms with Crippen molar-refractivity contribution in [2.75, 3.05) is 0 Å². The Morgan fingerprint density at radius 1 is 0.556 bits per heavy atom. The van der Waals surface area contributed by atoms with E-state index in [1.54, 1.807) is 0 Å². The SMILES string of the molecule is O=C(O)/C=C\C(=O)O.O=C(O)/C=C\C(=O)O.[KH].[NaH]. The quantitative estimate of drug-likeness (QED) is 0.348. The number of aliphatic carboxylic acids is 4. The molecule has 0 aromatic rings. The Bertz CT molecular complexity index is 283. The zero-order chi connectivity index (χ0) is 13.1. The number of rotatable bonds is 4. The van der Waals surface area contributed by atoms with Gasteiger partial charge in [-0.25, -0.2) is 19.2 Å². The Hall–Kier alpha value is -0.00364. The van der Waals surface area contributed by atoms with Gasteiger partial charge in [0.05, 0.1) is 0 Å². The van der Waals surface area contributed by atoms with Gasteiger partial charge in [-0.15, -0.1) is 0 Å². The van der Waals surface area contributed by atoms with Gasteiger partial charge in [0.1, 0.15) is 0 Å². The number of carbonyl (C=O) groups is 4. The molecule has 0 unspecified atom stereocenters. The van der Waals surface area contributed by atoms with E-state index < -0.39 is 23.9 Å². The third-order valence-electron chi connectivity index (χ3n) is 0.737. The summed E-state index contributed by atoms with van der Waals surface area (Å²) in [7, 11) is 0. The van der Waals surface area contributed by atoms with Crippen molar-refractivity contribution in [1.29, 1.82) is 0 Å². The molecule has 0 saturated carbocycles. The zero-order valence-electron chi connectivity index (χ0n) is 7.73. The van der Waals surface area contributed by atoms with Crippen molar-refractivity contribution < 1.29 is 39.6 Å². The molecule has 0 aromatic heterocycles. The van der Waals surface area contributed by atoms with Crippen LogP contribution in [0.4, 0.5) is 0 Å². The van der Waals surface area contributed by atoms with Crippen molar-refractivity contribution in [3.8, 4) is 0 Å². The molecule has 0 aliphatic carbocycles. The van der Waals surface area contributed by atoms with Gasteiger partial charge in [0, 0.05) is 24.3 Å². The average Bonchev–Trinajstić information content (AvgIpc) is 2.12. The first-order chi connectivity index (χ1) is 7.25. The van der Waals surface area contributed by atoms with E-state index in [1.165, 1.54) is 0 Å². The second-order valence-corrected chi connectivity index (χ2v) is 2.02. The Labute approximate surface area is 166 Å². The molecule has 4 N–H and O–H groups in total. The molecule has 0 bridgehead atoms. The predicted molar refractivity (Wildman–Crippen MR) is 63.1 cm³/mol. The van der Waals surface area contributed by atoms with E-state index >= 15 is 0 Å². The van der Waals surface area contributed by atoms with E-state index in [0.29, 0.717) is 24.3 Å². The molecular formula is C8H10KNaO8. The number of hydrogen-bond acceptors (Lipinski definition) is 4. The van der Waals surface area contributed by atoms with Crippen LogP contribution in [0.25, 0.3) is 0 Å². The summed E-state index contributed by atoms with van der Waals surface area (Å²) in [5.74, 6) is -5.03. The molecule has 0 aromatic carbocycles. The third-order valence-corrected chi connectivity index (χ3v) is 0.737. The Morgan fingerprint density at radius 2 is 0.667 bits per heavy atom. The molecule has 8 nitrogen and oxygen atoms in total. The van der Waals surface area contributed by atoms with Crippen molar-refractivity contribution in [3.05, 3.63) is 24.3 Å². The second kappa shape index (κ2) is 17.0. The summed E-state index contributed by atoms with van der Waals surface area (Å²) in [4.78, 5) is 38.2. The monoisotopic (exact) mass is 296 g/mol. The predicted octanol–water partition coefficient (Wildman–Crippen LogP) is -1.87. The van der Waals surface area contributed by atoms with Crippen molar-refractivity contribution in [3.63, 3.8) is 0 Å². The third kappa shape index (κ3) is 36.0. The number of carboxylic acids is 4. The fourth-order valence-electron chi connectivity index (χ4n) is 0.285. The van der Waals surface area contributed by atoms with Gasteiger partial charge in [0.15, 0.2) is 0 Å². The molecule has 0 rings (SSSR count). The number of carboxylic acid groups (broad SMARTS) is 4. The van der Waals surface area contributed by atoms with E-state index in [0.717, 1.165) is 0 Å². The number of hydrogen-bond donors (Lipinski definition) is 4. The molecule has 0 radical (unpaired) electrons. The summed E-state index contributed by atoms with van der Waals surface area (Å²) in [6, 6.07) is 0. The summed E-state index contributed by atoms with van der Waals surface area (Å²) >= 11 is 0. The molecule has 18 heavy (non-hydrogen) atoms. The second-order valence-electron chi connectivity index (χ2n) is 2.02. The van der Waals surface area contributed by atoms with Crippen LogP contribution in [0, 0.1) is 0 Å². The van der Waals surface area contributed by atoms with E-state index in [9.17, 15) is 19.2 Å². The van der Waals surface area contributed by atoms with Gasteiger partial charge in [0.2, 0.25) is 0 Å². The fourth-order valence-corrected chi connectivity index (χ4v) is 0.285. The summed E-state index contributed by atoms with van der Waals surface area (Å²) in [5, 5.41) is 31.2. The zero-order valence-corrected chi connectivity index (χ0v) is 7.73. The minimum absolute atomic E-state index is 0. The molecule has 0 atom stereocenters. The topological polar surface area (TPSA) is 149 Å². The van der Waals surface area contributed by atoms with Crippen LogP contribution in [0.1, 0.15) is 0 Å². The van der Waals surface area contributed by atoms with Crippen LogP contribution in [0.2, 0.25) is 0 Å². The van der Waals surface area contributed by atoms with Gasteiger partial charge < -0.3 is 20.4 Å².